The fraction of sp³-hybridized carbons (Fsp3) is 0.467. The minimum Gasteiger partial charge on any atom is -0.348 e. The van der Waals surface area contributed by atoms with Gasteiger partial charge in [-0.2, -0.15) is 0 Å². The summed E-state index contributed by atoms with van der Waals surface area (Å²) in [6.07, 6.45) is 10.1. The van der Waals surface area contributed by atoms with E-state index in [1.165, 1.54) is 30.5 Å². The summed E-state index contributed by atoms with van der Waals surface area (Å²) in [5.41, 5.74) is 2.66. The fourth-order valence-electron chi connectivity index (χ4n) is 2.84. The van der Waals surface area contributed by atoms with Crippen LogP contribution in [0, 0.1) is 6.92 Å². The number of pyridine rings is 1. The molecule has 0 spiro atoms. The Morgan fingerprint density at radius 1 is 1.42 bits per heavy atom. The van der Waals surface area contributed by atoms with Crippen LogP contribution in [0.15, 0.2) is 30.9 Å². The van der Waals surface area contributed by atoms with Crippen molar-refractivity contribution in [3.8, 4) is 0 Å². The standard InChI is InChI=1S/C15H20N4/c1-12-9-16-5-4-13(12)10-19-8-2-3-14(11-19)15-17-6-7-18-15/h4-7,9,14H,2-3,8,10-11H2,1H3,(H,17,18). The maximum atomic E-state index is 4.41. The smallest absolute Gasteiger partial charge is 0.110 e. The molecule has 0 radical (unpaired) electrons. The van der Waals surface area contributed by atoms with Crippen LogP contribution in [-0.2, 0) is 6.54 Å². The van der Waals surface area contributed by atoms with Crippen LogP contribution in [0.3, 0.4) is 0 Å². The normalized spacial score (nSPS) is 20.6. The third kappa shape index (κ3) is 2.84. The lowest BCUT2D eigenvalue weighted by atomic mass is 9.96. The second kappa shape index (κ2) is 5.53. The number of nitrogens with one attached hydrogen (secondary N) is 1. The van der Waals surface area contributed by atoms with Crippen molar-refractivity contribution in [2.24, 2.45) is 0 Å². The molecule has 4 nitrogen and oxygen atoms in total. The second-order valence-electron chi connectivity index (χ2n) is 5.35. The van der Waals surface area contributed by atoms with Crippen LogP contribution >= 0.6 is 0 Å². The van der Waals surface area contributed by atoms with E-state index in [4.69, 9.17) is 0 Å². The molecule has 1 atom stereocenters. The van der Waals surface area contributed by atoms with E-state index in [0.29, 0.717) is 5.92 Å². The molecule has 0 amide bonds. The largest absolute Gasteiger partial charge is 0.348 e. The van der Waals surface area contributed by atoms with Crippen molar-refractivity contribution in [1.29, 1.82) is 0 Å². The quantitative estimate of drug-likeness (QED) is 0.917. The third-order valence-corrected chi connectivity index (χ3v) is 3.94. The first-order valence-electron chi connectivity index (χ1n) is 6.94. The monoisotopic (exact) mass is 256 g/mol. The molecule has 1 saturated heterocycles. The van der Waals surface area contributed by atoms with E-state index in [1.54, 1.807) is 0 Å². The summed E-state index contributed by atoms with van der Waals surface area (Å²) in [7, 11) is 0. The lowest BCUT2D eigenvalue weighted by molar-refractivity contribution is 0.196. The fourth-order valence-corrected chi connectivity index (χ4v) is 2.84. The van der Waals surface area contributed by atoms with Gasteiger partial charge in [-0.15, -0.1) is 0 Å². The Bertz CT molecular complexity index is 521. The van der Waals surface area contributed by atoms with Gasteiger partial charge >= 0.3 is 0 Å². The number of likely N-dealkylation sites (tertiary alicyclic amines) is 1. The second-order valence-corrected chi connectivity index (χ2v) is 5.35. The minimum absolute atomic E-state index is 0.547. The zero-order valence-electron chi connectivity index (χ0n) is 11.3. The molecule has 3 heterocycles. The summed E-state index contributed by atoms with van der Waals surface area (Å²) in [6, 6.07) is 2.13. The number of aryl methyl sites for hydroxylation is 1. The predicted octanol–water partition coefficient (Wildman–Crippen LogP) is 2.49. The van der Waals surface area contributed by atoms with Crippen LogP contribution in [0.5, 0.6) is 0 Å². The van der Waals surface area contributed by atoms with Gasteiger partial charge < -0.3 is 4.98 Å². The molecule has 2 aromatic heterocycles. The van der Waals surface area contributed by atoms with E-state index >= 15 is 0 Å². The van der Waals surface area contributed by atoms with Crippen LogP contribution in [0.4, 0.5) is 0 Å². The zero-order valence-corrected chi connectivity index (χ0v) is 11.3. The number of hydrogen-bond acceptors (Lipinski definition) is 3. The van der Waals surface area contributed by atoms with Gasteiger partial charge in [0.15, 0.2) is 0 Å². The van der Waals surface area contributed by atoms with Gasteiger partial charge in [-0.1, -0.05) is 0 Å². The van der Waals surface area contributed by atoms with E-state index in [2.05, 4.69) is 32.8 Å². The topological polar surface area (TPSA) is 44.8 Å². The average Bonchev–Trinajstić information content (AvgIpc) is 2.96. The molecule has 2 aromatic rings. The first kappa shape index (κ1) is 12.4. The lowest BCUT2D eigenvalue weighted by Gasteiger charge is -2.32. The van der Waals surface area contributed by atoms with E-state index in [9.17, 15) is 0 Å². The number of imidazole rings is 1. The number of piperidine rings is 1. The molecule has 1 unspecified atom stereocenters. The Hall–Kier alpha value is -1.68. The maximum absolute atomic E-state index is 4.41. The van der Waals surface area contributed by atoms with E-state index in [1.807, 2.05) is 24.8 Å². The van der Waals surface area contributed by atoms with Crippen molar-refractivity contribution >= 4 is 0 Å². The lowest BCUT2D eigenvalue weighted by Crippen LogP contribution is -2.34. The Morgan fingerprint density at radius 3 is 3.16 bits per heavy atom. The van der Waals surface area contributed by atoms with E-state index in [-0.39, 0.29) is 0 Å². The number of aromatic nitrogens is 3. The van der Waals surface area contributed by atoms with E-state index in [0.717, 1.165) is 18.9 Å². The van der Waals surface area contributed by atoms with Gasteiger partial charge in [0.1, 0.15) is 5.82 Å². The summed E-state index contributed by atoms with van der Waals surface area (Å²) in [5.74, 6) is 1.68. The molecular formula is C15H20N4. The highest BCUT2D eigenvalue weighted by atomic mass is 15.1. The van der Waals surface area contributed by atoms with Crippen LogP contribution < -0.4 is 0 Å². The highest BCUT2D eigenvalue weighted by Gasteiger charge is 2.23. The van der Waals surface area contributed by atoms with Crippen molar-refractivity contribution < 1.29 is 0 Å². The van der Waals surface area contributed by atoms with Gasteiger partial charge in [0, 0.05) is 43.8 Å². The molecule has 0 saturated carbocycles. The van der Waals surface area contributed by atoms with Gasteiger partial charge in [-0.05, 0) is 43.5 Å². The maximum Gasteiger partial charge on any atom is 0.110 e. The molecule has 1 fully saturated rings. The van der Waals surface area contributed by atoms with Crippen molar-refractivity contribution in [2.45, 2.75) is 32.2 Å². The summed E-state index contributed by atoms with van der Waals surface area (Å²) in [4.78, 5) is 14.3. The Kier molecular flexibility index (Phi) is 3.60. The molecule has 19 heavy (non-hydrogen) atoms. The molecule has 1 aliphatic rings. The Balaban J connectivity index is 1.67. The zero-order chi connectivity index (χ0) is 13.1. The number of H-pyrrole nitrogens is 1. The molecule has 1 N–H and O–H groups in total. The molecule has 4 heteroatoms. The van der Waals surface area contributed by atoms with Crippen molar-refractivity contribution in [1.82, 2.24) is 19.9 Å². The average molecular weight is 256 g/mol. The highest BCUT2D eigenvalue weighted by molar-refractivity contribution is 5.21. The molecule has 0 bridgehead atoms. The molecule has 3 rings (SSSR count). The Morgan fingerprint density at radius 2 is 2.37 bits per heavy atom. The summed E-state index contributed by atoms with van der Waals surface area (Å²) in [6.45, 7) is 5.43. The molecule has 1 aliphatic heterocycles. The van der Waals surface area contributed by atoms with Gasteiger partial charge in [-0.3, -0.25) is 9.88 Å². The van der Waals surface area contributed by atoms with Gasteiger partial charge in [-0.25, -0.2) is 4.98 Å². The molecule has 0 aliphatic carbocycles. The van der Waals surface area contributed by atoms with E-state index < -0.39 is 0 Å². The Labute approximate surface area is 113 Å². The van der Waals surface area contributed by atoms with Gasteiger partial charge in [0.2, 0.25) is 0 Å². The summed E-state index contributed by atoms with van der Waals surface area (Å²) in [5, 5.41) is 0. The minimum atomic E-state index is 0.547. The number of aromatic amines is 1. The van der Waals surface area contributed by atoms with Crippen LogP contribution in [0.1, 0.15) is 35.7 Å². The highest BCUT2D eigenvalue weighted by Crippen LogP contribution is 2.25. The number of hydrogen-bond donors (Lipinski definition) is 1. The third-order valence-electron chi connectivity index (χ3n) is 3.94. The van der Waals surface area contributed by atoms with Crippen molar-refractivity contribution in [2.75, 3.05) is 13.1 Å². The van der Waals surface area contributed by atoms with Crippen molar-refractivity contribution in [3.63, 3.8) is 0 Å². The van der Waals surface area contributed by atoms with Crippen molar-refractivity contribution in [3.05, 3.63) is 47.8 Å². The molecular weight excluding hydrogens is 236 g/mol. The number of rotatable bonds is 3. The van der Waals surface area contributed by atoms with Gasteiger partial charge in [0.05, 0.1) is 0 Å². The SMILES string of the molecule is Cc1cnccc1CN1CCCC(c2ncc[nH]2)C1. The molecule has 100 valence electrons. The first-order chi connectivity index (χ1) is 9.33. The van der Waals surface area contributed by atoms with Crippen LogP contribution in [-0.4, -0.2) is 32.9 Å². The van der Waals surface area contributed by atoms with Crippen LogP contribution in [0.25, 0.3) is 0 Å². The predicted molar refractivity (Wildman–Crippen MR) is 74.8 cm³/mol. The summed E-state index contributed by atoms with van der Waals surface area (Å²) >= 11 is 0. The van der Waals surface area contributed by atoms with Crippen LogP contribution in [0.2, 0.25) is 0 Å². The summed E-state index contributed by atoms with van der Waals surface area (Å²) < 4.78 is 0. The molecule has 0 aromatic carbocycles. The number of nitrogens with zero attached hydrogens (tertiary/aromatic N) is 3. The first-order valence-corrected chi connectivity index (χ1v) is 6.94. The van der Waals surface area contributed by atoms with Gasteiger partial charge in [0.25, 0.3) is 0 Å².